The van der Waals surface area contributed by atoms with Crippen LogP contribution in [0.2, 0.25) is 0 Å². The maximum absolute atomic E-state index is 12.0. The van der Waals surface area contributed by atoms with Gasteiger partial charge in [0.25, 0.3) is 0 Å². The van der Waals surface area contributed by atoms with Crippen LogP contribution in [0.3, 0.4) is 0 Å². The summed E-state index contributed by atoms with van der Waals surface area (Å²) < 4.78 is 36.0. The highest BCUT2D eigenvalue weighted by molar-refractivity contribution is 8.00. The third-order valence-electron chi connectivity index (χ3n) is 3.63. The number of alkyl halides is 3. The molecule has 0 spiro atoms. The minimum Gasteiger partial charge on any atom is -0.345 e. The number of para-hydroxylation sites is 1. The van der Waals surface area contributed by atoms with Crippen LogP contribution >= 0.6 is 11.8 Å². The summed E-state index contributed by atoms with van der Waals surface area (Å²) in [6, 6.07) is 6.69. The minimum atomic E-state index is -4.48. The van der Waals surface area contributed by atoms with Gasteiger partial charge in [-0.15, -0.1) is 11.8 Å². The molecule has 1 fully saturated rings. The zero-order chi connectivity index (χ0) is 18.3. The van der Waals surface area contributed by atoms with E-state index in [-0.39, 0.29) is 0 Å². The summed E-state index contributed by atoms with van der Waals surface area (Å²) in [4.78, 5) is 24.1. The predicted octanol–water partition coefficient (Wildman–Crippen LogP) is 3.52. The Balaban J connectivity index is 1.81. The molecule has 0 radical (unpaired) electrons. The average molecular weight is 375 g/mol. The molecule has 0 aliphatic heterocycles. The van der Waals surface area contributed by atoms with Crippen LogP contribution in [0, 0.1) is 0 Å². The maximum Gasteiger partial charge on any atom is 0.405 e. The van der Waals surface area contributed by atoms with Crippen molar-refractivity contribution >= 4 is 29.4 Å². The van der Waals surface area contributed by atoms with Crippen LogP contribution in [0.25, 0.3) is 0 Å². The van der Waals surface area contributed by atoms with Crippen LogP contribution < -0.4 is 16.0 Å². The molecule has 0 unspecified atom stereocenters. The molecule has 0 atom stereocenters. The third kappa shape index (κ3) is 7.25. The molecule has 1 saturated carbocycles. The number of carbonyl (C=O) groups excluding carboxylic acids is 2. The monoisotopic (exact) mass is 375 g/mol. The van der Waals surface area contributed by atoms with E-state index < -0.39 is 31.2 Å². The summed E-state index contributed by atoms with van der Waals surface area (Å²) >= 11 is 1.71. The Hall–Kier alpha value is -1.90. The van der Waals surface area contributed by atoms with Crippen LogP contribution in [0.15, 0.2) is 29.2 Å². The van der Waals surface area contributed by atoms with Gasteiger partial charge in [0.1, 0.15) is 6.54 Å². The highest BCUT2D eigenvalue weighted by atomic mass is 32.2. The second-order valence-corrected chi connectivity index (χ2v) is 7.06. The number of anilines is 1. The van der Waals surface area contributed by atoms with Gasteiger partial charge < -0.3 is 16.0 Å². The molecule has 3 N–H and O–H groups in total. The summed E-state index contributed by atoms with van der Waals surface area (Å²) in [5.74, 6) is -0.902. The first-order valence-electron chi connectivity index (χ1n) is 7.97. The second-order valence-electron chi connectivity index (χ2n) is 5.72. The quantitative estimate of drug-likeness (QED) is 0.713. The molecule has 1 aliphatic rings. The van der Waals surface area contributed by atoms with E-state index in [0.717, 1.165) is 17.7 Å². The van der Waals surface area contributed by atoms with Gasteiger partial charge in [0.15, 0.2) is 0 Å². The van der Waals surface area contributed by atoms with Gasteiger partial charge in [-0.05, 0) is 25.0 Å². The van der Waals surface area contributed by atoms with Gasteiger partial charge in [0.2, 0.25) is 5.91 Å². The predicted molar refractivity (Wildman–Crippen MR) is 90.6 cm³/mol. The number of carbonyl (C=O) groups is 2. The lowest BCUT2D eigenvalue weighted by molar-refractivity contribution is -0.137. The first kappa shape index (κ1) is 19.4. The van der Waals surface area contributed by atoms with E-state index in [9.17, 15) is 22.8 Å². The van der Waals surface area contributed by atoms with Crippen molar-refractivity contribution in [3.05, 3.63) is 24.3 Å². The van der Waals surface area contributed by atoms with E-state index in [2.05, 4.69) is 10.6 Å². The van der Waals surface area contributed by atoms with Crippen molar-refractivity contribution in [2.75, 3.05) is 18.4 Å². The first-order chi connectivity index (χ1) is 11.8. The minimum absolute atomic E-state index is 0.527. The standard InChI is InChI=1S/C16H20F3N3O2S/c17-16(18,19)10-21-14(23)9-20-15(24)22-12-7-3-4-8-13(12)25-11-5-1-2-6-11/h3-4,7-8,11H,1-2,5-6,9-10H2,(H,21,23)(H2,20,22,24). The van der Waals surface area contributed by atoms with Gasteiger partial charge >= 0.3 is 12.2 Å². The Bertz CT molecular complexity index is 605. The van der Waals surface area contributed by atoms with Crippen molar-refractivity contribution in [2.24, 2.45) is 0 Å². The highest BCUT2D eigenvalue weighted by Gasteiger charge is 2.27. The van der Waals surface area contributed by atoms with Crippen LogP contribution in [-0.2, 0) is 4.79 Å². The van der Waals surface area contributed by atoms with Crippen LogP contribution in [-0.4, -0.2) is 36.5 Å². The first-order valence-corrected chi connectivity index (χ1v) is 8.85. The zero-order valence-electron chi connectivity index (χ0n) is 13.5. The average Bonchev–Trinajstić information content (AvgIpc) is 3.05. The molecule has 0 aromatic heterocycles. The number of halogens is 3. The van der Waals surface area contributed by atoms with E-state index in [4.69, 9.17) is 0 Å². The van der Waals surface area contributed by atoms with Gasteiger partial charge in [-0.25, -0.2) is 4.79 Å². The van der Waals surface area contributed by atoms with Crippen molar-refractivity contribution in [2.45, 2.75) is 42.0 Å². The Morgan fingerprint density at radius 3 is 2.48 bits per heavy atom. The summed E-state index contributed by atoms with van der Waals surface area (Å²) in [6.45, 7) is -1.95. The van der Waals surface area contributed by atoms with Gasteiger partial charge in [-0.1, -0.05) is 25.0 Å². The van der Waals surface area contributed by atoms with Gasteiger partial charge in [0.05, 0.1) is 12.2 Å². The number of thioether (sulfide) groups is 1. The third-order valence-corrected chi connectivity index (χ3v) is 5.04. The van der Waals surface area contributed by atoms with Crippen LogP contribution in [0.1, 0.15) is 25.7 Å². The number of nitrogens with one attached hydrogen (secondary N) is 3. The lowest BCUT2D eigenvalue weighted by Crippen LogP contribution is -2.42. The van der Waals surface area contributed by atoms with E-state index in [1.54, 1.807) is 29.2 Å². The molecule has 1 aliphatic carbocycles. The molecular formula is C16H20F3N3O2S. The molecule has 25 heavy (non-hydrogen) atoms. The fourth-order valence-electron chi connectivity index (χ4n) is 2.45. The molecule has 0 heterocycles. The van der Waals surface area contributed by atoms with Crippen molar-refractivity contribution in [3.8, 4) is 0 Å². The van der Waals surface area contributed by atoms with E-state index >= 15 is 0 Å². The lowest BCUT2D eigenvalue weighted by atomic mass is 10.3. The van der Waals surface area contributed by atoms with Crippen molar-refractivity contribution < 1.29 is 22.8 Å². The molecule has 1 aromatic rings. The van der Waals surface area contributed by atoms with Crippen LogP contribution in [0.5, 0.6) is 0 Å². The zero-order valence-corrected chi connectivity index (χ0v) is 14.3. The highest BCUT2D eigenvalue weighted by Crippen LogP contribution is 2.37. The topological polar surface area (TPSA) is 70.2 Å². The summed E-state index contributed by atoms with van der Waals surface area (Å²) in [5.41, 5.74) is 0.618. The largest absolute Gasteiger partial charge is 0.405 e. The van der Waals surface area contributed by atoms with Gasteiger partial charge in [0, 0.05) is 10.1 Å². The number of hydrogen-bond donors (Lipinski definition) is 3. The van der Waals surface area contributed by atoms with Gasteiger partial charge in [-0.3, -0.25) is 4.79 Å². The molecular weight excluding hydrogens is 355 g/mol. The number of amides is 3. The van der Waals surface area contributed by atoms with Crippen LogP contribution in [0.4, 0.5) is 23.7 Å². The van der Waals surface area contributed by atoms with Crippen molar-refractivity contribution in [3.63, 3.8) is 0 Å². The normalized spacial score (nSPS) is 15.0. The van der Waals surface area contributed by atoms with E-state index in [1.807, 2.05) is 12.1 Å². The summed E-state index contributed by atoms with van der Waals surface area (Å²) in [6.07, 6.45) is 0.227. The summed E-state index contributed by atoms with van der Waals surface area (Å²) in [7, 11) is 0. The number of rotatable bonds is 6. The van der Waals surface area contributed by atoms with Crippen molar-refractivity contribution in [1.29, 1.82) is 0 Å². The number of hydrogen-bond acceptors (Lipinski definition) is 3. The molecule has 9 heteroatoms. The second kappa shape index (κ2) is 8.98. The molecule has 0 bridgehead atoms. The SMILES string of the molecule is O=C(CNC(=O)Nc1ccccc1SC1CCCC1)NCC(F)(F)F. The lowest BCUT2D eigenvalue weighted by Gasteiger charge is -2.14. The number of urea groups is 1. The van der Waals surface area contributed by atoms with Crippen molar-refractivity contribution in [1.82, 2.24) is 10.6 Å². The Kier molecular flexibility index (Phi) is 6.98. The molecule has 0 saturated heterocycles. The Morgan fingerprint density at radius 2 is 1.80 bits per heavy atom. The molecule has 5 nitrogen and oxygen atoms in total. The Morgan fingerprint density at radius 1 is 1.12 bits per heavy atom. The van der Waals surface area contributed by atoms with E-state index in [0.29, 0.717) is 10.9 Å². The maximum atomic E-state index is 12.0. The molecule has 138 valence electrons. The van der Waals surface area contributed by atoms with Gasteiger partial charge in [-0.2, -0.15) is 13.2 Å². The van der Waals surface area contributed by atoms with E-state index in [1.165, 1.54) is 12.8 Å². The molecule has 3 amide bonds. The molecule has 2 rings (SSSR count). The fourth-order valence-corrected chi connectivity index (χ4v) is 3.78. The molecule has 1 aromatic carbocycles. The number of benzene rings is 1. The smallest absolute Gasteiger partial charge is 0.345 e. The fraction of sp³-hybridized carbons (Fsp3) is 0.500. The summed E-state index contributed by atoms with van der Waals surface area (Å²) in [5, 5.41) is 7.11. The Labute approximate surface area is 148 Å².